The van der Waals surface area contributed by atoms with Gasteiger partial charge >= 0.3 is 0 Å². The first-order chi connectivity index (χ1) is 9.63. The minimum Gasteiger partial charge on any atom is -0.339 e. The molecule has 1 aromatic rings. The van der Waals surface area contributed by atoms with Crippen molar-refractivity contribution in [2.24, 2.45) is 5.92 Å². The number of carbonyl (C=O) groups is 1. The molecule has 0 aromatic heterocycles. The predicted octanol–water partition coefficient (Wildman–Crippen LogP) is 3.05. The average molecular weight is 343 g/mol. The Bertz CT molecular complexity index is 473. The number of amides is 1. The molecule has 2 rings (SSSR count). The van der Waals surface area contributed by atoms with Crippen molar-refractivity contribution in [2.45, 2.75) is 19.8 Å². The van der Waals surface area contributed by atoms with Gasteiger partial charge in [-0.1, -0.05) is 13.0 Å². The number of benzene rings is 1. The number of rotatable bonds is 4. The maximum Gasteiger partial charge on any atom is 0.255 e. The van der Waals surface area contributed by atoms with Crippen molar-refractivity contribution in [1.82, 2.24) is 10.2 Å². The van der Waals surface area contributed by atoms with Crippen LogP contribution in [0, 0.1) is 11.7 Å². The summed E-state index contributed by atoms with van der Waals surface area (Å²) in [6, 6.07) is 4.59. The molecule has 0 spiro atoms. The zero-order chi connectivity index (χ0) is 14.5. The highest BCUT2D eigenvalue weighted by molar-refractivity contribution is 9.10. The highest BCUT2D eigenvalue weighted by Crippen LogP contribution is 2.24. The van der Waals surface area contributed by atoms with Gasteiger partial charge in [-0.3, -0.25) is 4.79 Å². The molecule has 1 N–H and O–H groups in total. The number of piperidine rings is 1. The maximum absolute atomic E-state index is 13.5. The molecule has 3 nitrogen and oxygen atoms in total. The van der Waals surface area contributed by atoms with E-state index in [1.807, 2.05) is 4.90 Å². The van der Waals surface area contributed by atoms with Crippen molar-refractivity contribution in [1.29, 1.82) is 0 Å². The van der Waals surface area contributed by atoms with Crippen LogP contribution in [0.4, 0.5) is 4.39 Å². The van der Waals surface area contributed by atoms with E-state index < -0.39 is 5.82 Å². The third kappa shape index (κ3) is 3.58. The second-order valence-electron chi connectivity index (χ2n) is 5.14. The first kappa shape index (κ1) is 15.4. The Morgan fingerprint density at radius 2 is 2.15 bits per heavy atom. The number of likely N-dealkylation sites (tertiary alicyclic amines) is 1. The zero-order valence-electron chi connectivity index (χ0n) is 11.7. The highest BCUT2D eigenvalue weighted by atomic mass is 79.9. The zero-order valence-corrected chi connectivity index (χ0v) is 13.2. The Morgan fingerprint density at radius 3 is 2.80 bits per heavy atom. The fraction of sp³-hybridized carbons (Fsp3) is 0.533. The lowest BCUT2D eigenvalue weighted by Crippen LogP contribution is -2.40. The molecule has 0 atom stereocenters. The molecule has 5 heteroatoms. The number of hydrogen-bond acceptors (Lipinski definition) is 2. The van der Waals surface area contributed by atoms with Gasteiger partial charge in [0.1, 0.15) is 5.82 Å². The van der Waals surface area contributed by atoms with Crippen LogP contribution < -0.4 is 5.32 Å². The topological polar surface area (TPSA) is 32.3 Å². The van der Waals surface area contributed by atoms with Gasteiger partial charge < -0.3 is 10.2 Å². The molecular formula is C15H20BrFN2O. The van der Waals surface area contributed by atoms with Crippen molar-refractivity contribution in [3.63, 3.8) is 0 Å². The summed E-state index contributed by atoms with van der Waals surface area (Å²) in [6.45, 7) is 5.59. The lowest BCUT2D eigenvalue weighted by Gasteiger charge is -2.32. The second-order valence-corrected chi connectivity index (χ2v) is 5.94. The summed E-state index contributed by atoms with van der Waals surface area (Å²) in [6.07, 6.45) is 2.01. The summed E-state index contributed by atoms with van der Waals surface area (Å²) in [4.78, 5) is 14.2. The van der Waals surface area contributed by atoms with Gasteiger partial charge in [-0.2, -0.15) is 0 Å². The number of nitrogens with one attached hydrogen (secondary N) is 1. The van der Waals surface area contributed by atoms with Gasteiger partial charge in [0.25, 0.3) is 5.91 Å². The van der Waals surface area contributed by atoms with Crippen LogP contribution in [0.3, 0.4) is 0 Å². The first-order valence-electron chi connectivity index (χ1n) is 7.07. The fourth-order valence-electron chi connectivity index (χ4n) is 2.53. The van der Waals surface area contributed by atoms with Gasteiger partial charge in [-0.15, -0.1) is 0 Å². The minimum absolute atomic E-state index is 0.0849. The molecule has 0 saturated carbocycles. The van der Waals surface area contributed by atoms with Gasteiger partial charge in [0.2, 0.25) is 0 Å². The van der Waals surface area contributed by atoms with E-state index in [2.05, 4.69) is 28.2 Å². The summed E-state index contributed by atoms with van der Waals surface area (Å²) in [5, 5.41) is 3.35. The summed E-state index contributed by atoms with van der Waals surface area (Å²) < 4.78 is 13.7. The first-order valence-corrected chi connectivity index (χ1v) is 7.86. The van der Waals surface area contributed by atoms with Crippen molar-refractivity contribution >= 4 is 21.8 Å². The third-order valence-corrected chi connectivity index (χ3v) is 4.57. The molecule has 1 fully saturated rings. The monoisotopic (exact) mass is 342 g/mol. The number of nitrogens with zero attached hydrogens (tertiary/aromatic N) is 1. The Balaban J connectivity index is 1.96. The summed E-state index contributed by atoms with van der Waals surface area (Å²) in [5.41, 5.74) is 0.412. The number of hydrogen-bond donors (Lipinski definition) is 1. The Hall–Kier alpha value is -0.940. The second kappa shape index (κ2) is 7.18. The minimum atomic E-state index is -0.391. The van der Waals surface area contributed by atoms with Crippen LogP contribution in [0.1, 0.15) is 30.1 Å². The van der Waals surface area contributed by atoms with E-state index >= 15 is 0 Å². The van der Waals surface area contributed by atoms with E-state index in [1.54, 1.807) is 12.1 Å². The van der Waals surface area contributed by atoms with Gasteiger partial charge in [0.05, 0.1) is 10.0 Å². The van der Waals surface area contributed by atoms with Gasteiger partial charge in [0.15, 0.2) is 0 Å². The van der Waals surface area contributed by atoms with Crippen LogP contribution in [0.5, 0.6) is 0 Å². The smallest absolute Gasteiger partial charge is 0.255 e. The summed E-state index contributed by atoms with van der Waals surface area (Å²) in [7, 11) is 0. The average Bonchev–Trinajstić information content (AvgIpc) is 2.48. The standard InChI is InChI=1S/C15H20BrFN2O/c1-2-18-10-11-6-8-19(9-7-11)15(20)12-4-3-5-13(17)14(12)16/h3-5,11,18H,2,6-10H2,1H3. The van der Waals surface area contributed by atoms with Crippen molar-refractivity contribution in [3.05, 3.63) is 34.1 Å². The van der Waals surface area contributed by atoms with E-state index in [9.17, 15) is 9.18 Å². The van der Waals surface area contributed by atoms with E-state index in [0.717, 1.165) is 39.0 Å². The number of halogens is 2. The molecule has 20 heavy (non-hydrogen) atoms. The Labute approximate surface area is 127 Å². The molecule has 0 bridgehead atoms. The van der Waals surface area contributed by atoms with E-state index in [-0.39, 0.29) is 10.4 Å². The predicted molar refractivity (Wildman–Crippen MR) is 81.3 cm³/mol. The molecule has 0 unspecified atom stereocenters. The molecule has 1 amide bonds. The summed E-state index contributed by atoms with van der Waals surface area (Å²) in [5.74, 6) is 0.158. The van der Waals surface area contributed by atoms with Crippen molar-refractivity contribution in [3.8, 4) is 0 Å². The lowest BCUT2D eigenvalue weighted by atomic mass is 9.96. The Kier molecular flexibility index (Phi) is 5.54. The van der Waals surface area contributed by atoms with Crippen molar-refractivity contribution in [2.75, 3.05) is 26.2 Å². The van der Waals surface area contributed by atoms with Crippen LogP contribution in [0.25, 0.3) is 0 Å². The molecule has 1 saturated heterocycles. The van der Waals surface area contributed by atoms with Gasteiger partial charge in [0, 0.05) is 13.1 Å². The quantitative estimate of drug-likeness (QED) is 0.911. The third-order valence-electron chi connectivity index (χ3n) is 3.77. The largest absolute Gasteiger partial charge is 0.339 e. The maximum atomic E-state index is 13.5. The van der Waals surface area contributed by atoms with Crippen LogP contribution in [-0.2, 0) is 0 Å². The molecule has 110 valence electrons. The fourth-order valence-corrected chi connectivity index (χ4v) is 2.96. The highest BCUT2D eigenvalue weighted by Gasteiger charge is 2.25. The molecule has 0 aliphatic carbocycles. The SMILES string of the molecule is CCNCC1CCN(C(=O)c2cccc(F)c2Br)CC1. The van der Waals surface area contributed by atoms with Crippen LogP contribution in [-0.4, -0.2) is 37.0 Å². The molecule has 1 aromatic carbocycles. The van der Waals surface area contributed by atoms with Crippen LogP contribution >= 0.6 is 15.9 Å². The lowest BCUT2D eigenvalue weighted by molar-refractivity contribution is 0.0689. The Morgan fingerprint density at radius 1 is 1.45 bits per heavy atom. The van der Waals surface area contributed by atoms with Crippen molar-refractivity contribution < 1.29 is 9.18 Å². The molecule has 1 aliphatic rings. The van der Waals surface area contributed by atoms with Crippen LogP contribution in [0.15, 0.2) is 22.7 Å². The number of carbonyl (C=O) groups excluding carboxylic acids is 1. The van der Waals surface area contributed by atoms with E-state index in [4.69, 9.17) is 0 Å². The van der Waals surface area contributed by atoms with Gasteiger partial charge in [-0.05, 0) is 59.9 Å². The molecule has 1 heterocycles. The molecule has 0 radical (unpaired) electrons. The van der Waals surface area contributed by atoms with Crippen LogP contribution in [0.2, 0.25) is 0 Å². The summed E-state index contributed by atoms with van der Waals surface area (Å²) >= 11 is 3.16. The molecule has 1 aliphatic heterocycles. The van der Waals surface area contributed by atoms with E-state index in [1.165, 1.54) is 6.07 Å². The molecular weight excluding hydrogens is 323 g/mol. The van der Waals surface area contributed by atoms with Gasteiger partial charge in [-0.25, -0.2) is 4.39 Å². The van der Waals surface area contributed by atoms with E-state index in [0.29, 0.717) is 11.5 Å². The normalized spacial score (nSPS) is 16.4.